The Morgan fingerprint density at radius 1 is 1.19 bits per heavy atom. The summed E-state index contributed by atoms with van der Waals surface area (Å²) in [6.45, 7) is 11.3. The van der Waals surface area contributed by atoms with Gasteiger partial charge in [0.25, 0.3) is 5.56 Å². The van der Waals surface area contributed by atoms with Crippen LogP contribution in [0.25, 0.3) is 11.0 Å². The van der Waals surface area contributed by atoms with Gasteiger partial charge >= 0.3 is 5.97 Å². The molecule has 0 aliphatic carbocycles. The van der Waals surface area contributed by atoms with Crippen LogP contribution in [0.4, 0.5) is 0 Å². The highest BCUT2D eigenvalue weighted by Crippen LogP contribution is 2.36. The fourth-order valence-corrected chi connectivity index (χ4v) is 5.39. The van der Waals surface area contributed by atoms with Crippen molar-refractivity contribution >= 4 is 17.0 Å². The van der Waals surface area contributed by atoms with Crippen molar-refractivity contribution in [3.8, 4) is 0 Å². The third kappa shape index (κ3) is 5.00. The minimum atomic E-state index is -1.26. The predicted molar refractivity (Wildman–Crippen MR) is 125 cm³/mol. The highest BCUT2D eigenvalue weighted by Gasteiger charge is 2.37. The van der Waals surface area contributed by atoms with Crippen LogP contribution in [0.2, 0.25) is 0 Å². The smallest absolute Gasteiger partial charge is 0.360 e. The van der Waals surface area contributed by atoms with E-state index >= 15 is 0 Å². The average Bonchev–Trinajstić information content (AvgIpc) is 2.71. The van der Waals surface area contributed by atoms with E-state index in [0.717, 1.165) is 31.2 Å². The van der Waals surface area contributed by atoms with Crippen molar-refractivity contribution in [3.63, 3.8) is 0 Å². The summed E-state index contributed by atoms with van der Waals surface area (Å²) in [6, 6.07) is 8.56. The first kappa shape index (κ1) is 23.5. The SMILES string of the molecule is CCC[C@H]1C[C@@H](n2c(=O)c(C(=O)O)nc3ccccc32)CC(C)N1C(C)CCC(C)C. The molecule has 6 heteroatoms. The zero-order chi connectivity index (χ0) is 22.7. The Bertz CT molecular complexity index is 968. The number of likely N-dealkylation sites (tertiary alicyclic amines) is 1. The molecule has 1 aliphatic rings. The van der Waals surface area contributed by atoms with E-state index < -0.39 is 11.5 Å². The zero-order valence-electron chi connectivity index (χ0n) is 19.5. The van der Waals surface area contributed by atoms with E-state index in [-0.39, 0.29) is 11.7 Å². The van der Waals surface area contributed by atoms with Gasteiger partial charge < -0.3 is 9.67 Å². The molecule has 2 aromatic rings. The van der Waals surface area contributed by atoms with Gasteiger partial charge in [-0.05, 0) is 64.0 Å². The number of hydrogen-bond donors (Lipinski definition) is 1. The van der Waals surface area contributed by atoms with Crippen LogP contribution in [0, 0.1) is 5.92 Å². The number of carboxylic acid groups (broad SMARTS) is 1. The summed E-state index contributed by atoms with van der Waals surface area (Å²) in [6.07, 6.45) is 6.24. The molecular formula is C25H37N3O3. The van der Waals surface area contributed by atoms with Gasteiger partial charge in [-0.2, -0.15) is 0 Å². The molecule has 1 aliphatic heterocycles. The van der Waals surface area contributed by atoms with Crippen LogP contribution in [0.5, 0.6) is 0 Å². The van der Waals surface area contributed by atoms with Crippen molar-refractivity contribution in [2.45, 2.75) is 97.3 Å². The number of rotatable bonds is 8. The number of nitrogens with zero attached hydrogens (tertiary/aromatic N) is 3. The number of para-hydroxylation sites is 2. The maximum Gasteiger partial charge on any atom is 0.360 e. The molecular weight excluding hydrogens is 390 g/mol. The first-order valence-corrected chi connectivity index (χ1v) is 11.8. The van der Waals surface area contributed by atoms with Crippen LogP contribution in [-0.2, 0) is 0 Å². The third-order valence-corrected chi connectivity index (χ3v) is 6.74. The van der Waals surface area contributed by atoms with E-state index in [2.05, 4.69) is 44.5 Å². The molecule has 3 rings (SSSR count). The Morgan fingerprint density at radius 3 is 2.55 bits per heavy atom. The Balaban J connectivity index is 2.00. The van der Waals surface area contributed by atoms with E-state index in [9.17, 15) is 14.7 Å². The third-order valence-electron chi connectivity index (χ3n) is 6.74. The number of aromatic carboxylic acids is 1. The van der Waals surface area contributed by atoms with E-state index in [4.69, 9.17) is 0 Å². The van der Waals surface area contributed by atoms with E-state index in [1.165, 1.54) is 12.8 Å². The predicted octanol–water partition coefficient (Wildman–Crippen LogP) is 5.11. The van der Waals surface area contributed by atoms with Crippen LogP contribution in [0.1, 0.15) is 89.7 Å². The normalized spacial score (nSPS) is 23.4. The Kier molecular flexibility index (Phi) is 7.52. The number of piperidine rings is 1. The van der Waals surface area contributed by atoms with E-state index in [1.807, 2.05) is 18.2 Å². The second-order valence-electron chi connectivity index (χ2n) is 9.61. The van der Waals surface area contributed by atoms with Gasteiger partial charge in [0.1, 0.15) is 0 Å². The Morgan fingerprint density at radius 2 is 1.90 bits per heavy atom. The Hall–Kier alpha value is -2.21. The molecule has 1 fully saturated rings. The van der Waals surface area contributed by atoms with E-state index in [1.54, 1.807) is 10.6 Å². The van der Waals surface area contributed by atoms with Crippen molar-refractivity contribution in [1.29, 1.82) is 0 Å². The van der Waals surface area contributed by atoms with Crippen molar-refractivity contribution in [3.05, 3.63) is 40.3 Å². The lowest BCUT2D eigenvalue weighted by Gasteiger charge is -2.48. The molecule has 2 heterocycles. The number of aromatic nitrogens is 2. The summed E-state index contributed by atoms with van der Waals surface area (Å²) in [7, 11) is 0. The standard InChI is InChI=1S/C25H37N3O3/c1-6-9-19-15-20(14-18(5)27(19)17(4)13-12-16(2)3)28-22-11-8-7-10-21(22)26-23(24(28)29)25(30)31/h7-8,10-11,16-20H,6,9,12-15H2,1-5H3,(H,30,31)/t17?,18?,19-,20-/m0/s1. The summed E-state index contributed by atoms with van der Waals surface area (Å²) in [5, 5.41) is 9.57. The number of fused-ring (bicyclic) bond motifs is 1. The Labute approximate surface area is 185 Å². The molecule has 0 saturated carbocycles. The number of carboxylic acids is 1. The maximum absolute atomic E-state index is 13.2. The van der Waals surface area contributed by atoms with Gasteiger partial charge in [-0.3, -0.25) is 9.69 Å². The molecule has 1 aromatic carbocycles. The van der Waals surface area contributed by atoms with Crippen LogP contribution < -0.4 is 5.56 Å². The quantitative estimate of drug-likeness (QED) is 0.633. The minimum absolute atomic E-state index is 0.0291. The summed E-state index contributed by atoms with van der Waals surface area (Å²) in [4.78, 5) is 31.7. The molecule has 6 nitrogen and oxygen atoms in total. The molecule has 170 valence electrons. The second kappa shape index (κ2) is 9.94. The van der Waals surface area contributed by atoms with Gasteiger partial charge in [0, 0.05) is 24.2 Å². The molecule has 1 saturated heterocycles. The molecule has 0 radical (unpaired) electrons. The lowest BCUT2D eigenvalue weighted by atomic mass is 9.86. The highest BCUT2D eigenvalue weighted by molar-refractivity contribution is 5.88. The summed E-state index contributed by atoms with van der Waals surface area (Å²) < 4.78 is 1.72. The highest BCUT2D eigenvalue weighted by atomic mass is 16.4. The maximum atomic E-state index is 13.2. The van der Waals surface area contributed by atoms with Crippen LogP contribution in [0.15, 0.2) is 29.1 Å². The van der Waals surface area contributed by atoms with Gasteiger partial charge in [0.2, 0.25) is 5.69 Å². The monoisotopic (exact) mass is 427 g/mol. The first-order chi connectivity index (χ1) is 14.7. The molecule has 1 aromatic heterocycles. The fraction of sp³-hybridized carbons (Fsp3) is 0.640. The first-order valence-electron chi connectivity index (χ1n) is 11.8. The molecule has 2 unspecified atom stereocenters. The van der Waals surface area contributed by atoms with Crippen LogP contribution in [-0.4, -0.2) is 43.7 Å². The molecule has 1 N–H and O–H groups in total. The molecule has 0 amide bonds. The summed E-state index contributed by atoms with van der Waals surface area (Å²) in [5.41, 5.74) is 0.421. The van der Waals surface area contributed by atoms with Crippen LogP contribution >= 0.6 is 0 Å². The summed E-state index contributed by atoms with van der Waals surface area (Å²) in [5.74, 6) is -0.571. The van der Waals surface area contributed by atoms with Gasteiger partial charge in [-0.15, -0.1) is 0 Å². The van der Waals surface area contributed by atoms with Gasteiger partial charge in [0.05, 0.1) is 11.0 Å². The van der Waals surface area contributed by atoms with Gasteiger partial charge in [-0.1, -0.05) is 39.3 Å². The van der Waals surface area contributed by atoms with Crippen molar-refractivity contribution in [2.24, 2.45) is 5.92 Å². The number of benzene rings is 1. The number of hydrogen-bond acceptors (Lipinski definition) is 4. The van der Waals surface area contributed by atoms with Crippen molar-refractivity contribution < 1.29 is 9.90 Å². The lowest BCUT2D eigenvalue weighted by molar-refractivity contribution is 0.0209. The van der Waals surface area contributed by atoms with Crippen molar-refractivity contribution in [2.75, 3.05) is 0 Å². The zero-order valence-corrected chi connectivity index (χ0v) is 19.5. The minimum Gasteiger partial charge on any atom is -0.476 e. The second-order valence-corrected chi connectivity index (χ2v) is 9.61. The largest absolute Gasteiger partial charge is 0.476 e. The molecule has 4 atom stereocenters. The van der Waals surface area contributed by atoms with E-state index in [0.29, 0.717) is 29.6 Å². The van der Waals surface area contributed by atoms with Gasteiger partial charge in [-0.25, -0.2) is 9.78 Å². The summed E-state index contributed by atoms with van der Waals surface area (Å²) >= 11 is 0. The molecule has 0 spiro atoms. The number of carbonyl (C=O) groups is 1. The molecule has 31 heavy (non-hydrogen) atoms. The van der Waals surface area contributed by atoms with Crippen LogP contribution in [0.3, 0.4) is 0 Å². The average molecular weight is 428 g/mol. The van der Waals surface area contributed by atoms with Crippen molar-refractivity contribution in [1.82, 2.24) is 14.5 Å². The van der Waals surface area contributed by atoms with Gasteiger partial charge in [0.15, 0.2) is 0 Å². The molecule has 0 bridgehead atoms. The lowest BCUT2D eigenvalue weighted by Crippen LogP contribution is -2.53. The topological polar surface area (TPSA) is 75.4 Å². The fourth-order valence-electron chi connectivity index (χ4n) is 5.39.